The van der Waals surface area contributed by atoms with Crippen LogP contribution in [0.5, 0.6) is 5.88 Å². The van der Waals surface area contributed by atoms with Crippen LogP contribution < -0.4 is 16.0 Å². The Morgan fingerprint density at radius 3 is 2.88 bits per heavy atom. The molecular formula is C12H20N4O. The average molecular weight is 236 g/mol. The highest BCUT2D eigenvalue weighted by Crippen LogP contribution is 2.28. The third-order valence-electron chi connectivity index (χ3n) is 3.35. The third kappa shape index (κ3) is 2.85. The van der Waals surface area contributed by atoms with E-state index in [1.54, 1.807) is 6.20 Å². The summed E-state index contributed by atoms with van der Waals surface area (Å²) in [6.07, 6.45) is 6.88. The number of nitrogen functional groups attached to an aromatic ring is 1. The van der Waals surface area contributed by atoms with Crippen molar-refractivity contribution in [3.8, 4) is 5.88 Å². The second-order valence-corrected chi connectivity index (χ2v) is 4.74. The van der Waals surface area contributed by atoms with Crippen LogP contribution in [0.1, 0.15) is 38.2 Å². The summed E-state index contributed by atoms with van der Waals surface area (Å²) in [7, 11) is 0. The molecule has 1 fully saturated rings. The molecule has 5 nitrogen and oxygen atoms in total. The van der Waals surface area contributed by atoms with Gasteiger partial charge in [0.15, 0.2) is 0 Å². The summed E-state index contributed by atoms with van der Waals surface area (Å²) in [4.78, 5) is 8.29. The molecule has 2 atom stereocenters. The van der Waals surface area contributed by atoms with Crippen molar-refractivity contribution in [3.05, 3.63) is 11.8 Å². The van der Waals surface area contributed by atoms with E-state index in [4.69, 9.17) is 10.6 Å². The molecule has 5 heteroatoms. The molecule has 0 aromatic carbocycles. The fourth-order valence-electron chi connectivity index (χ4n) is 2.22. The first-order valence-electron chi connectivity index (χ1n) is 6.17. The maximum atomic E-state index is 5.99. The van der Waals surface area contributed by atoms with Crippen LogP contribution in [0.15, 0.2) is 6.20 Å². The number of hydrogen-bond donors (Lipinski definition) is 2. The van der Waals surface area contributed by atoms with E-state index < -0.39 is 0 Å². The van der Waals surface area contributed by atoms with Gasteiger partial charge in [0.25, 0.3) is 0 Å². The summed E-state index contributed by atoms with van der Waals surface area (Å²) < 4.78 is 5.99. The van der Waals surface area contributed by atoms with Crippen LogP contribution >= 0.6 is 0 Å². The molecule has 0 saturated heterocycles. The number of ether oxygens (including phenoxy) is 1. The van der Waals surface area contributed by atoms with Gasteiger partial charge in [0.2, 0.25) is 11.8 Å². The van der Waals surface area contributed by atoms with Gasteiger partial charge in [0.1, 0.15) is 6.10 Å². The zero-order valence-electron chi connectivity index (χ0n) is 10.4. The summed E-state index contributed by atoms with van der Waals surface area (Å²) in [5, 5.41) is 0. The summed E-state index contributed by atoms with van der Waals surface area (Å²) in [6.45, 7) is 4.19. The second kappa shape index (κ2) is 5.31. The number of nitrogens with zero attached hydrogens (tertiary/aromatic N) is 2. The number of rotatable bonds is 3. The first kappa shape index (κ1) is 12.1. The highest BCUT2D eigenvalue weighted by atomic mass is 16.5. The number of hydrogen-bond acceptors (Lipinski definition) is 5. The Kier molecular flexibility index (Phi) is 3.78. The Hall–Kier alpha value is -1.36. The van der Waals surface area contributed by atoms with E-state index in [0.717, 1.165) is 12.0 Å². The van der Waals surface area contributed by atoms with Crippen LogP contribution in [-0.4, -0.2) is 16.1 Å². The minimum Gasteiger partial charge on any atom is -0.474 e. The fraction of sp³-hybridized carbons (Fsp3) is 0.667. The summed E-state index contributed by atoms with van der Waals surface area (Å²) in [6, 6.07) is 0. The summed E-state index contributed by atoms with van der Waals surface area (Å²) in [5.41, 5.74) is 3.39. The monoisotopic (exact) mass is 236 g/mol. The molecule has 0 spiro atoms. The zero-order chi connectivity index (χ0) is 12.3. The molecule has 0 bridgehead atoms. The van der Waals surface area contributed by atoms with E-state index in [1.807, 2.05) is 6.92 Å². The Morgan fingerprint density at radius 1 is 1.41 bits per heavy atom. The van der Waals surface area contributed by atoms with Gasteiger partial charge >= 0.3 is 0 Å². The molecule has 1 aliphatic rings. The molecule has 2 unspecified atom stereocenters. The molecule has 1 aromatic rings. The van der Waals surface area contributed by atoms with E-state index in [1.165, 1.54) is 19.3 Å². The number of nitrogens with one attached hydrogen (secondary N) is 1. The highest BCUT2D eigenvalue weighted by Gasteiger charge is 2.24. The van der Waals surface area contributed by atoms with E-state index in [9.17, 15) is 0 Å². The smallest absolute Gasteiger partial charge is 0.240 e. The molecule has 0 amide bonds. The van der Waals surface area contributed by atoms with Gasteiger partial charge in [-0.25, -0.2) is 10.8 Å². The standard InChI is InChI=1S/C12H20N4O/c1-8-5-3-4-6-10(8)17-11-9(2)7-14-12(15-11)16-13/h7-8,10H,3-6,13H2,1-2H3,(H,14,15,16). The van der Waals surface area contributed by atoms with Crippen molar-refractivity contribution in [3.63, 3.8) is 0 Å². The molecule has 1 aliphatic carbocycles. The SMILES string of the molecule is Cc1cnc(NN)nc1OC1CCCCC1C. The molecule has 1 aromatic heterocycles. The molecule has 17 heavy (non-hydrogen) atoms. The van der Waals surface area contributed by atoms with Gasteiger partial charge in [-0.2, -0.15) is 4.98 Å². The first-order valence-corrected chi connectivity index (χ1v) is 6.17. The van der Waals surface area contributed by atoms with E-state index >= 15 is 0 Å². The number of nitrogens with two attached hydrogens (primary N) is 1. The van der Waals surface area contributed by atoms with Crippen LogP contribution in [0.2, 0.25) is 0 Å². The van der Waals surface area contributed by atoms with Crippen molar-refractivity contribution in [1.82, 2.24) is 9.97 Å². The Balaban J connectivity index is 2.11. The predicted octanol–water partition coefficient (Wildman–Crippen LogP) is 2.03. The van der Waals surface area contributed by atoms with Crippen LogP contribution in [0.4, 0.5) is 5.95 Å². The van der Waals surface area contributed by atoms with Gasteiger partial charge < -0.3 is 4.74 Å². The lowest BCUT2D eigenvalue weighted by atomic mass is 9.88. The van der Waals surface area contributed by atoms with Crippen LogP contribution in [0, 0.1) is 12.8 Å². The summed E-state index contributed by atoms with van der Waals surface area (Å²) >= 11 is 0. The fourth-order valence-corrected chi connectivity index (χ4v) is 2.22. The number of anilines is 1. The molecule has 3 N–H and O–H groups in total. The molecule has 1 heterocycles. The van der Waals surface area contributed by atoms with Gasteiger partial charge in [-0.3, -0.25) is 5.43 Å². The average Bonchev–Trinajstić information content (AvgIpc) is 2.35. The van der Waals surface area contributed by atoms with E-state index in [-0.39, 0.29) is 6.10 Å². The Morgan fingerprint density at radius 2 is 2.18 bits per heavy atom. The lowest BCUT2D eigenvalue weighted by molar-refractivity contribution is 0.0968. The molecule has 0 aliphatic heterocycles. The molecule has 94 valence electrons. The minimum atomic E-state index is 0.267. The number of aromatic nitrogens is 2. The molecular weight excluding hydrogens is 216 g/mol. The Labute approximate surface area is 102 Å². The highest BCUT2D eigenvalue weighted by molar-refractivity contribution is 5.31. The van der Waals surface area contributed by atoms with Crippen LogP contribution in [-0.2, 0) is 0 Å². The normalized spacial score (nSPS) is 24.4. The number of hydrazine groups is 1. The van der Waals surface area contributed by atoms with Gasteiger partial charge in [0.05, 0.1) is 0 Å². The van der Waals surface area contributed by atoms with Gasteiger partial charge in [-0.05, 0) is 32.1 Å². The van der Waals surface area contributed by atoms with E-state index in [0.29, 0.717) is 17.7 Å². The van der Waals surface area contributed by atoms with Crippen molar-refractivity contribution in [1.29, 1.82) is 0 Å². The number of aryl methyl sites for hydroxylation is 1. The maximum Gasteiger partial charge on any atom is 0.240 e. The lowest BCUT2D eigenvalue weighted by Crippen LogP contribution is -2.29. The van der Waals surface area contributed by atoms with Gasteiger partial charge in [0, 0.05) is 11.8 Å². The predicted molar refractivity (Wildman–Crippen MR) is 66.6 cm³/mol. The quantitative estimate of drug-likeness (QED) is 0.620. The minimum absolute atomic E-state index is 0.267. The van der Waals surface area contributed by atoms with Crippen molar-refractivity contribution in [2.45, 2.75) is 45.6 Å². The van der Waals surface area contributed by atoms with Crippen molar-refractivity contribution < 1.29 is 4.74 Å². The van der Waals surface area contributed by atoms with Crippen LogP contribution in [0.3, 0.4) is 0 Å². The lowest BCUT2D eigenvalue weighted by Gasteiger charge is -2.29. The third-order valence-corrected chi connectivity index (χ3v) is 3.35. The van der Waals surface area contributed by atoms with Gasteiger partial charge in [-0.15, -0.1) is 0 Å². The molecule has 2 rings (SSSR count). The topological polar surface area (TPSA) is 73.1 Å². The molecule has 0 radical (unpaired) electrons. The largest absolute Gasteiger partial charge is 0.474 e. The van der Waals surface area contributed by atoms with Gasteiger partial charge in [-0.1, -0.05) is 13.3 Å². The van der Waals surface area contributed by atoms with Crippen LogP contribution in [0.25, 0.3) is 0 Å². The first-order chi connectivity index (χ1) is 8.20. The van der Waals surface area contributed by atoms with Crippen molar-refractivity contribution in [2.24, 2.45) is 11.8 Å². The Bertz CT molecular complexity index is 383. The van der Waals surface area contributed by atoms with Crippen molar-refractivity contribution >= 4 is 5.95 Å². The van der Waals surface area contributed by atoms with E-state index in [2.05, 4.69) is 22.3 Å². The summed E-state index contributed by atoms with van der Waals surface area (Å²) in [5.74, 6) is 6.93. The zero-order valence-corrected chi connectivity index (χ0v) is 10.4. The molecule has 1 saturated carbocycles. The second-order valence-electron chi connectivity index (χ2n) is 4.74. The van der Waals surface area contributed by atoms with Crippen molar-refractivity contribution in [2.75, 3.05) is 5.43 Å². The maximum absolute atomic E-state index is 5.99.